The van der Waals surface area contributed by atoms with E-state index in [1.165, 1.54) is 70.1 Å². The first-order valence-electron chi connectivity index (χ1n) is 9.51. The largest absolute Gasteiger partial charge is 0.303 e. The van der Waals surface area contributed by atoms with E-state index in [0.29, 0.717) is 0 Å². The minimum atomic E-state index is 0.758. The van der Waals surface area contributed by atoms with E-state index in [1.807, 2.05) is 0 Å². The highest BCUT2D eigenvalue weighted by Gasteiger charge is 2.28. The lowest BCUT2D eigenvalue weighted by molar-refractivity contribution is 0.157. The van der Waals surface area contributed by atoms with Gasteiger partial charge in [0.15, 0.2) is 0 Å². The van der Waals surface area contributed by atoms with Crippen molar-refractivity contribution in [3.05, 3.63) is 35.4 Å². The second kappa shape index (κ2) is 7.64. The number of nitrogens with zero attached hydrogens (tertiary/aromatic N) is 1. The Morgan fingerprint density at radius 2 is 1.77 bits per heavy atom. The Kier molecular flexibility index (Phi) is 5.57. The summed E-state index contributed by atoms with van der Waals surface area (Å²) in [6.07, 6.45) is 10.0. The van der Waals surface area contributed by atoms with Crippen molar-refractivity contribution in [2.75, 3.05) is 19.6 Å². The third-order valence-electron chi connectivity index (χ3n) is 6.02. The summed E-state index contributed by atoms with van der Waals surface area (Å²) in [5.74, 6) is 2.60. The highest BCUT2D eigenvalue weighted by atomic mass is 15.1. The van der Waals surface area contributed by atoms with Gasteiger partial charge in [-0.15, -0.1) is 0 Å². The lowest BCUT2D eigenvalue weighted by Gasteiger charge is -2.37. The van der Waals surface area contributed by atoms with Crippen LogP contribution in [-0.2, 0) is 0 Å². The van der Waals surface area contributed by atoms with Crippen LogP contribution < -0.4 is 0 Å². The second-order valence-corrected chi connectivity index (χ2v) is 7.90. The lowest BCUT2D eigenvalue weighted by atomic mass is 9.76. The minimum absolute atomic E-state index is 0.758. The number of likely N-dealkylation sites (tertiary alicyclic amines) is 1. The Morgan fingerprint density at radius 3 is 2.45 bits per heavy atom. The summed E-state index contributed by atoms with van der Waals surface area (Å²) in [7, 11) is 0. The lowest BCUT2D eigenvalue weighted by Crippen LogP contribution is -2.38. The van der Waals surface area contributed by atoms with Crippen molar-refractivity contribution in [2.24, 2.45) is 11.8 Å². The topological polar surface area (TPSA) is 3.24 Å². The number of benzene rings is 1. The van der Waals surface area contributed by atoms with Crippen LogP contribution in [-0.4, -0.2) is 24.5 Å². The average molecular weight is 300 g/mol. The molecule has 1 saturated heterocycles. The molecule has 0 amide bonds. The zero-order valence-corrected chi connectivity index (χ0v) is 14.6. The molecule has 0 radical (unpaired) electrons. The maximum absolute atomic E-state index is 2.75. The predicted molar refractivity (Wildman–Crippen MR) is 95.3 cm³/mol. The first-order chi connectivity index (χ1) is 10.7. The molecule has 122 valence electrons. The third kappa shape index (κ3) is 4.13. The fourth-order valence-electron chi connectivity index (χ4n) is 4.49. The molecule has 22 heavy (non-hydrogen) atoms. The van der Waals surface area contributed by atoms with Crippen LogP contribution in [0, 0.1) is 18.8 Å². The van der Waals surface area contributed by atoms with Crippen LogP contribution >= 0.6 is 0 Å². The summed E-state index contributed by atoms with van der Waals surface area (Å²) in [5, 5.41) is 0. The SMILES string of the molecule is Cc1cccc([C@H](CN2CCC(C)CC2)C2CCCCC2)c1. The molecule has 0 unspecified atom stereocenters. The minimum Gasteiger partial charge on any atom is -0.303 e. The molecule has 1 atom stereocenters. The molecule has 1 heterocycles. The normalized spacial score (nSPS) is 23.5. The molecule has 0 bridgehead atoms. The Morgan fingerprint density at radius 1 is 1.05 bits per heavy atom. The first-order valence-corrected chi connectivity index (χ1v) is 9.51. The predicted octanol–water partition coefficient (Wildman–Crippen LogP) is 5.39. The van der Waals surface area contributed by atoms with Gasteiger partial charge in [0, 0.05) is 6.54 Å². The van der Waals surface area contributed by atoms with Crippen molar-refractivity contribution in [3.8, 4) is 0 Å². The van der Waals surface area contributed by atoms with Crippen molar-refractivity contribution in [1.29, 1.82) is 0 Å². The monoisotopic (exact) mass is 299 g/mol. The van der Waals surface area contributed by atoms with E-state index >= 15 is 0 Å². The third-order valence-corrected chi connectivity index (χ3v) is 6.02. The second-order valence-electron chi connectivity index (χ2n) is 7.90. The van der Waals surface area contributed by atoms with Crippen molar-refractivity contribution in [3.63, 3.8) is 0 Å². The molecule has 3 rings (SSSR count). The van der Waals surface area contributed by atoms with Gasteiger partial charge in [-0.3, -0.25) is 0 Å². The molecule has 1 aliphatic carbocycles. The van der Waals surface area contributed by atoms with Crippen molar-refractivity contribution < 1.29 is 0 Å². The number of hydrogen-bond donors (Lipinski definition) is 0. The maximum atomic E-state index is 2.75. The average Bonchev–Trinajstić information content (AvgIpc) is 2.55. The summed E-state index contributed by atoms with van der Waals surface area (Å²) >= 11 is 0. The van der Waals surface area contributed by atoms with E-state index in [1.54, 1.807) is 5.56 Å². The summed E-state index contributed by atoms with van der Waals surface area (Å²) < 4.78 is 0. The van der Waals surface area contributed by atoms with E-state index in [9.17, 15) is 0 Å². The molecule has 1 nitrogen and oxygen atoms in total. The molecule has 1 aromatic carbocycles. The van der Waals surface area contributed by atoms with E-state index < -0.39 is 0 Å². The Bertz CT molecular complexity index is 453. The van der Waals surface area contributed by atoms with E-state index in [0.717, 1.165) is 17.8 Å². The summed E-state index contributed by atoms with van der Waals surface area (Å²) in [6.45, 7) is 8.58. The van der Waals surface area contributed by atoms with E-state index in [2.05, 4.69) is 43.0 Å². The van der Waals surface area contributed by atoms with Crippen LogP contribution in [0.25, 0.3) is 0 Å². The van der Waals surface area contributed by atoms with Gasteiger partial charge in [-0.1, -0.05) is 56.0 Å². The zero-order chi connectivity index (χ0) is 15.4. The van der Waals surface area contributed by atoms with E-state index in [-0.39, 0.29) is 0 Å². The Balaban J connectivity index is 1.73. The van der Waals surface area contributed by atoms with E-state index in [4.69, 9.17) is 0 Å². The number of piperidine rings is 1. The number of hydrogen-bond acceptors (Lipinski definition) is 1. The molecule has 1 aromatic rings. The fraction of sp³-hybridized carbons (Fsp3) is 0.714. The molecule has 1 saturated carbocycles. The highest BCUT2D eigenvalue weighted by Crippen LogP contribution is 2.37. The molecule has 0 aromatic heterocycles. The van der Waals surface area contributed by atoms with Crippen molar-refractivity contribution in [1.82, 2.24) is 4.90 Å². The first kappa shape index (κ1) is 16.1. The number of aryl methyl sites for hydroxylation is 1. The maximum Gasteiger partial charge on any atom is 0.00529 e. The van der Waals surface area contributed by atoms with Gasteiger partial charge >= 0.3 is 0 Å². The summed E-state index contributed by atoms with van der Waals surface area (Å²) in [6, 6.07) is 9.34. The van der Waals surface area contributed by atoms with Gasteiger partial charge in [-0.05, 0) is 69.0 Å². The van der Waals surface area contributed by atoms with Gasteiger partial charge in [0.2, 0.25) is 0 Å². The van der Waals surface area contributed by atoms with Crippen molar-refractivity contribution >= 4 is 0 Å². The van der Waals surface area contributed by atoms with Crippen LogP contribution in [0.5, 0.6) is 0 Å². The molecule has 1 aliphatic heterocycles. The summed E-state index contributed by atoms with van der Waals surface area (Å²) in [4.78, 5) is 2.75. The van der Waals surface area contributed by atoms with Crippen LogP contribution in [0.4, 0.5) is 0 Å². The van der Waals surface area contributed by atoms with Crippen LogP contribution in [0.1, 0.15) is 68.9 Å². The van der Waals surface area contributed by atoms with Gasteiger partial charge in [0.25, 0.3) is 0 Å². The van der Waals surface area contributed by atoms with Crippen LogP contribution in [0.3, 0.4) is 0 Å². The van der Waals surface area contributed by atoms with Gasteiger partial charge in [-0.25, -0.2) is 0 Å². The molecule has 1 heteroatoms. The number of rotatable bonds is 4. The molecular weight excluding hydrogens is 266 g/mol. The zero-order valence-electron chi connectivity index (χ0n) is 14.6. The molecule has 0 spiro atoms. The standard InChI is InChI=1S/C21H33N/c1-17-11-13-22(14-12-17)16-21(19-8-4-3-5-9-19)20-10-6-7-18(2)15-20/h6-7,10,15,17,19,21H,3-5,8-9,11-14,16H2,1-2H3/t21-/m1/s1. The van der Waals surface area contributed by atoms with Gasteiger partial charge in [0.05, 0.1) is 0 Å². The highest BCUT2D eigenvalue weighted by molar-refractivity contribution is 5.26. The molecule has 0 N–H and O–H groups in total. The quantitative estimate of drug-likeness (QED) is 0.720. The fourth-order valence-corrected chi connectivity index (χ4v) is 4.49. The smallest absolute Gasteiger partial charge is 0.00529 e. The van der Waals surface area contributed by atoms with Gasteiger partial charge in [0.1, 0.15) is 0 Å². The van der Waals surface area contributed by atoms with Gasteiger partial charge < -0.3 is 4.90 Å². The summed E-state index contributed by atoms with van der Waals surface area (Å²) in [5.41, 5.74) is 3.02. The van der Waals surface area contributed by atoms with Crippen LogP contribution in [0.15, 0.2) is 24.3 Å². The Labute approximate surface area is 137 Å². The molecular formula is C21H33N. The van der Waals surface area contributed by atoms with Crippen LogP contribution in [0.2, 0.25) is 0 Å². The molecule has 2 aliphatic rings. The van der Waals surface area contributed by atoms with Crippen molar-refractivity contribution in [2.45, 2.75) is 64.7 Å². The van der Waals surface area contributed by atoms with Gasteiger partial charge in [-0.2, -0.15) is 0 Å². The molecule has 2 fully saturated rings. The Hall–Kier alpha value is -0.820.